The number of nitrogens with zero attached hydrogens (tertiary/aromatic N) is 5. The number of anilines is 1. The fraction of sp³-hybridized carbons (Fsp3) is 0.241. The van der Waals surface area contributed by atoms with Gasteiger partial charge in [0.15, 0.2) is 15.5 Å². The number of hydrogen-bond donors (Lipinski definition) is 0. The number of aromatic nitrogens is 3. The maximum absolute atomic E-state index is 15.7. The highest BCUT2D eigenvalue weighted by molar-refractivity contribution is 7.90. The molecule has 41 heavy (non-hydrogen) atoms. The van der Waals surface area contributed by atoms with Crippen LogP contribution >= 0.6 is 0 Å². The number of benzene rings is 2. The third-order valence-corrected chi connectivity index (χ3v) is 8.30. The van der Waals surface area contributed by atoms with Crippen LogP contribution < -0.4 is 10.6 Å². The predicted molar refractivity (Wildman–Crippen MR) is 152 cm³/mol. The first-order chi connectivity index (χ1) is 19.4. The summed E-state index contributed by atoms with van der Waals surface area (Å²) >= 11 is 0. The molecule has 2 aromatic carbocycles. The van der Waals surface area contributed by atoms with E-state index in [1.54, 1.807) is 15.9 Å². The maximum Gasteiger partial charge on any atom is 0.355 e. The second-order valence-electron chi connectivity index (χ2n) is 10.0. The minimum atomic E-state index is -3.81. The van der Waals surface area contributed by atoms with E-state index in [0.29, 0.717) is 6.54 Å². The topological polar surface area (TPSA) is 105 Å². The Kier molecular flexibility index (Phi) is 7.20. The normalized spacial score (nSPS) is 17.6. The molecule has 0 N–H and O–H groups in total. The molecule has 0 bridgehead atoms. The number of carbonyl (C=O) groups excluding carboxylic acids is 1. The lowest BCUT2D eigenvalue weighted by Gasteiger charge is -2.44. The first-order valence-electron chi connectivity index (χ1n) is 12.8. The molecular formula is C29H27F2N5O4S. The smallest absolute Gasteiger partial charge is 0.349 e. The Morgan fingerprint density at radius 2 is 1.68 bits per heavy atom. The summed E-state index contributed by atoms with van der Waals surface area (Å²) in [5.74, 6) is -1.69. The number of carbonyl (C=O) groups is 1. The summed E-state index contributed by atoms with van der Waals surface area (Å²) in [7, 11) is -3.81. The fourth-order valence-corrected chi connectivity index (χ4v) is 6.05. The molecule has 4 aromatic rings. The van der Waals surface area contributed by atoms with E-state index in [1.807, 2.05) is 13.8 Å². The number of piperazine rings is 1. The molecule has 1 saturated heterocycles. The van der Waals surface area contributed by atoms with Gasteiger partial charge in [-0.15, -0.1) is 0 Å². The van der Waals surface area contributed by atoms with Crippen molar-refractivity contribution in [2.75, 3.05) is 24.2 Å². The van der Waals surface area contributed by atoms with Gasteiger partial charge in [0, 0.05) is 37.0 Å². The van der Waals surface area contributed by atoms with Gasteiger partial charge in [-0.05, 0) is 50.3 Å². The van der Waals surface area contributed by atoms with Gasteiger partial charge in [-0.2, -0.15) is 4.98 Å². The molecule has 1 aliphatic rings. The van der Waals surface area contributed by atoms with Crippen molar-refractivity contribution in [3.05, 3.63) is 89.4 Å². The fourth-order valence-electron chi connectivity index (χ4n) is 5.19. The minimum Gasteiger partial charge on any atom is -0.349 e. The zero-order valence-electron chi connectivity index (χ0n) is 22.6. The Morgan fingerprint density at radius 1 is 1.00 bits per heavy atom. The lowest BCUT2D eigenvalue weighted by molar-refractivity contribution is -0.128. The average Bonchev–Trinajstić information content (AvgIpc) is 2.93. The average molecular weight is 580 g/mol. The van der Waals surface area contributed by atoms with Crippen LogP contribution in [-0.4, -0.2) is 65.2 Å². The lowest BCUT2D eigenvalue weighted by Crippen LogP contribution is -2.58. The highest BCUT2D eigenvalue weighted by Gasteiger charge is 2.34. The zero-order valence-corrected chi connectivity index (χ0v) is 23.4. The van der Waals surface area contributed by atoms with Gasteiger partial charge in [-0.3, -0.25) is 4.79 Å². The van der Waals surface area contributed by atoms with Gasteiger partial charge in [0.25, 0.3) is 0 Å². The van der Waals surface area contributed by atoms with Crippen molar-refractivity contribution in [3.63, 3.8) is 0 Å². The second kappa shape index (κ2) is 10.5. The van der Waals surface area contributed by atoms with E-state index in [4.69, 9.17) is 0 Å². The van der Waals surface area contributed by atoms with Crippen molar-refractivity contribution in [1.82, 2.24) is 19.4 Å². The largest absolute Gasteiger partial charge is 0.355 e. The molecule has 0 radical (unpaired) electrons. The van der Waals surface area contributed by atoms with Gasteiger partial charge in [0.1, 0.15) is 23.1 Å². The maximum atomic E-state index is 15.7. The van der Waals surface area contributed by atoms with Crippen molar-refractivity contribution in [1.29, 1.82) is 0 Å². The molecule has 0 spiro atoms. The number of hydrogen-bond acceptors (Lipinski definition) is 7. The Hall–Kier alpha value is -4.45. The summed E-state index contributed by atoms with van der Waals surface area (Å²) in [5, 5.41) is 0.119. The summed E-state index contributed by atoms with van der Waals surface area (Å²) in [5.41, 5.74) is -1.45. The molecular weight excluding hydrogens is 552 g/mol. The monoisotopic (exact) mass is 579 g/mol. The van der Waals surface area contributed by atoms with Crippen LogP contribution in [0.4, 0.5) is 14.6 Å². The van der Waals surface area contributed by atoms with Crippen molar-refractivity contribution in [2.24, 2.45) is 0 Å². The van der Waals surface area contributed by atoms with E-state index in [-0.39, 0.29) is 63.2 Å². The van der Waals surface area contributed by atoms with Gasteiger partial charge < -0.3 is 9.80 Å². The molecule has 0 aliphatic carbocycles. The molecule has 1 aliphatic heterocycles. The van der Waals surface area contributed by atoms with Crippen LogP contribution in [0.3, 0.4) is 0 Å². The Morgan fingerprint density at radius 3 is 2.37 bits per heavy atom. The van der Waals surface area contributed by atoms with E-state index in [1.165, 1.54) is 42.5 Å². The molecule has 1 amide bonds. The van der Waals surface area contributed by atoms with Crippen LogP contribution in [0.2, 0.25) is 0 Å². The van der Waals surface area contributed by atoms with Crippen molar-refractivity contribution in [2.45, 2.75) is 30.8 Å². The van der Waals surface area contributed by atoms with E-state index in [2.05, 4.69) is 16.5 Å². The Bertz CT molecular complexity index is 1880. The number of para-hydroxylation sites is 1. The number of pyridine rings is 1. The van der Waals surface area contributed by atoms with Crippen LogP contribution in [0, 0.1) is 11.6 Å². The molecule has 3 heterocycles. The number of rotatable bonds is 5. The number of fused-ring (bicyclic) bond motifs is 1. The third kappa shape index (κ3) is 4.99. The molecule has 0 saturated carbocycles. The molecule has 0 unspecified atom stereocenters. The van der Waals surface area contributed by atoms with Crippen molar-refractivity contribution < 1.29 is 22.0 Å². The first-order valence-corrected chi connectivity index (χ1v) is 14.7. The summed E-state index contributed by atoms with van der Waals surface area (Å²) in [6, 6.07) is 11.9. The van der Waals surface area contributed by atoms with Gasteiger partial charge in [-0.25, -0.2) is 31.5 Å². The molecule has 212 valence electrons. The number of halogens is 2. The highest BCUT2D eigenvalue weighted by Crippen LogP contribution is 2.33. The summed E-state index contributed by atoms with van der Waals surface area (Å²) < 4.78 is 56.8. The third-order valence-electron chi connectivity index (χ3n) is 7.15. The summed E-state index contributed by atoms with van der Waals surface area (Å²) in [6.45, 7) is 7.79. The zero-order chi connectivity index (χ0) is 29.6. The van der Waals surface area contributed by atoms with Crippen molar-refractivity contribution in [3.8, 4) is 16.9 Å². The molecule has 9 nitrogen and oxygen atoms in total. The molecule has 5 rings (SSSR count). The standard InChI is InChI=1S/C29H27F2N5O4S/c1-5-25(37)34-15-18(3)35(16-17(34)2)27-20-14-22(31)26(19-10-6-7-11-21(19)30)32-28(20)36(29(38)33-27)23-12-8-9-13-24(23)41(4,39)40/h5-14,17-18H,1,15-16H2,2-4H3/t17-,18-/m0/s1. The van der Waals surface area contributed by atoms with Gasteiger partial charge in [0.05, 0.1) is 16.0 Å². The molecule has 1 fully saturated rings. The molecule has 2 atom stereocenters. The van der Waals surface area contributed by atoms with Crippen LogP contribution in [0.1, 0.15) is 13.8 Å². The van der Waals surface area contributed by atoms with Crippen molar-refractivity contribution >= 4 is 32.6 Å². The number of amides is 1. The predicted octanol–water partition coefficient (Wildman–Crippen LogP) is 3.74. The highest BCUT2D eigenvalue weighted by atomic mass is 32.2. The molecule has 12 heteroatoms. The lowest BCUT2D eigenvalue weighted by atomic mass is 10.1. The van der Waals surface area contributed by atoms with Crippen LogP contribution in [0.5, 0.6) is 0 Å². The van der Waals surface area contributed by atoms with E-state index < -0.39 is 27.2 Å². The van der Waals surface area contributed by atoms with Gasteiger partial charge in [-0.1, -0.05) is 30.8 Å². The van der Waals surface area contributed by atoms with Crippen LogP contribution in [0.15, 0.2) is 76.9 Å². The van der Waals surface area contributed by atoms with Gasteiger partial charge in [0.2, 0.25) is 5.91 Å². The summed E-state index contributed by atoms with van der Waals surface area (Å²) in [6.07, 6.45) is 2.24. The quantitative estimate of drug-likeness (QED) is 0.332. The second-order valence-corrected chi connectivity index (χ2v) is 12.0. The molecule has 2 aromatic heterocycles. The van der Waals surface area contributed by atoms with E-state index in [0.717, 1.165) is 23.0 Å². The van der Waals surface area contributed by atoms with Gasteiger partial charge >= 0.3 is 5.69 Å². The Balaban J connectivity index is 1.83. The van der Waals surface area contributed by atoms with E-state index >= 15 is 4.39 Å². The first kappa shape index (κ1) is 28.1. The van der Waals surface area contributed by atoms with Crippen LogP contribution in [0.25, 0.3) is 28.0 Å². The number of sulfone groups is 1. The Labute approximate surface area is 235 Å². The minimum absolute atomic E-state index is 0.0227. The van der Waals surface area contributed by atoms with Crippen LogP contribution in [-0.2, 0) is 14.6 Å². The summed E-state index contributed by atoms with van der Waals surface area (Å²) in [4.78, 5) is 38.1. The SMILES string of the molecule is C=CC(=O)N1C[C@H](C)N(c2nc(=O)n(-c3ccccc3S(C)(=O)=O)c3nc(-c4ccccc4F)c(F)cc23)C[C@@H]1C. The van der Waals surface area contributed by atoms with E-state index in [9.17, 15) is 22.4 Å².